The molecule has 0 saturated heterocycles. The molecule has 1 aromatic carbocycles. The smallest absolute Gasteiger partial charge is 0.0541 e. The summed E-state index contributed by atoms with van der Waals surface area (Å²) in [4.78, 5) is 0.838. The maximum atomic E-state index is 11.9. The van der Waals surface area contributed by atoms with Gasteiger partial charge in [-0.25, -0.2) is 0 Å². The molecule has 0 heterocycles. The Morgan fingerprint density at radius 3 is 2.67 bits per heavy atom. The second kappa shape index (κ2) is 5.66. The number of halogens is 1. The van der Waals surface area contributed by atoms with Gasteiger partial charge in [0.15, 0.2) is 0 Å². The number of nitrogen functional groups attached to an aromatic ring is 1. The van der Waals surface area contributed by atoms with Crippen LogP contribution in [0.1, 0.15) is 20.3 Å². The zero-order chi connectivity index (χ0) is 11.4. The molecule has 1 unspecified atom stereocenters. The van der Waals surface area contributed by atoms with Gasteiger partial charge in [-0.3, -0.25) is 4.21 Å². The highest BCUT2D eigenvalue weighted by molar-refractivity contribution is 9.10. The Bertz CT molecular complexity index is 366. The summed E-state index contributed by atoms with van der Waals surface area (Å²) < 4.78 is 12.8. The Labute approximate surface area is 102 Å². The maximum absolute atomic E-state index is 11.9. The van der Waals surface area contributed by atoms with Crippen LogP contribution in [0.5, 0.6) is 0 Å². The standard InChI is InChI=1S/C11H16BrNOS/c1-8(2)5-6-15(14)11-4-3-9(13)7-10(11)12/h3-4,7-8H,5-6,13H2,1-2H3. The van der Waals surface area contributed by atoms with Gasteiger partial charge in [0.2, 0.25) is 0 Å². The van der Waals surface area contributed by atoms with E-state index >= 15 is 0 Å². The van der Waals surface area contributed by atoms with Crippen molar-refractivity contribution in [1.29, 1.82) is 0 Å². The topological polar surface area (TPSA) is 43.1 Å². The minimum atomic E-state index is -0.926. The molecule has 1 aromatic rings. The van der Waals surface area contributed by atoms with Gasteiger partial charge in [-0.1, -0.05) is 13.8 Å². The van der Waals surface area contributed by atoms with Gasteiger partial charge in [-0.15, -0.1) is 0 Å². The van der Waals surface area contributed by atoms with E-state index in [1.54, 1.807) is 12.1 Å². The Kier molecular flexibility index (Phi) is 4.80. The third-order valence-electron chi connectivity index (χ3n) is 2.08. The van der Waals surface area contributed by atoms with E-state index in [0.717, 1.165) is 15.8 Å². The van der Waals surface area contributed by atoms with E-state index in [-0.39, 0.29) is 0 Å². The van der Waals surface area contributed by atoms with E-state index < -0.39 is 10.8 Å². The molecule has 15 heavy (non-hydrogen) atoms. The summed E-state index contributed by atoms with van der Waals surface area (Å²) in [6.07, 6.45) is 0.976. The van der Waals surface area contributed by atoms with E-state index in [1.807, 2.05) is 6.07 Å². The summed E-state index contributed by atoms with van der Waals surface area (Å²) in [7, 11) is -0.926. The molecule has 84 valence electrons. The highest BCUT2D eigenvalue weighted by Gasteiger charge is 2.09. The first-order valence-corrected chi connectivity index (χ1v) is 7.05. The van der Waals surface area contributed by atoms with Gasteiger partial charge >= 0.3 is 0 Å². The third kappa shape index (κ3) is 3.95. The predicted octanol–water partition coefficient (Wildman–Crippen LogP) is 3.19. The number of benzene rings is 1. The van der Waals surface area contributed by atoms with E-state index in [0.29, 0.717) is 17.4 Å². The van der Waals surface area contributed by atoms with Crippen molar-refractivity contribution in [2.75, 3.05) is 11.5 Å². The molecule has 2 nitrogen and oxygen atoms in total. The Balaban J connectivity index is 2.74. The lowest BCUT2D eigenvalue weighted by molar-refractivity contribution is 0.619. The van der Waals surface area contributed by atoms with Gasteiger partial charge in [0, 0.05) is 15.9 Å². The van der Waals surface area contributed by atoms with E-state index in [1.165, 1.54) is 0 Å². The molecule has 0 bridgehead atoms. The number of rotatable bonds is 4. The van der Waals surface area contributed by atoms with Crippen LogP contribution in [-0.2, 0) is 10.8 Å². The molecule has 0 aliphatic carbocycles. The van der Waals surface area contributed by atoms with E-state index in [9.17, 15) is 4.21 Å². The Hall–Kier alpha value is -0.350. The number of anilines is 1. The molecule has 2 N–H and O–H groups in total. The fraction of sp³-hybridized carbons (Fsp3) is 0.455. The maximum Gasteiger partial charge on any atom is 0.0541 e. The van der Waals surface area contributed by atoms with Crippen LogP contribution < -0.4 is 5.73 Å². The summed E-state index contributed by atoms with van der Waals surface area (Å²) in [6.45, 7) is 4.27. The molecule has 0 spiro atoms. The van der Waals surface area contributed by atoms with Gasteiger partial charge in [0.25, 0.3) is 0 Å². The second-order valence-corrected chi connectivity index (χ2v) is 6.32. The van der Waals surface area contributed by atoms with Crippen molar-refractivity contribution in [2.24, 2.45) is 5.92 Å². The third-order valence-corrected chi connectivity index (χ3v) is 4.45. The number of hydrogen-bond donors (Lipinski definition) is 1. The van der Waals surface area contributed by atoms with Crippen LogP contribution in [0.4, 0.5) is 5.69 Å². The van der Waals surface area contributed by atoms with Gasteiger partial charge < -0.3 is 5.73 Å². The second-order valence-electron chi connectivity index (χ2n) is 3.92. The average molecular weight is 290 g/mol. The van der Waals surface area contributed by atoms with Crippen LogP contribution in [0.3, 0.4) is 0 Å². The minimum absolute atomic E-state index is 0.585. The zero-order valence-corrected chi connectivity index (χ0v) is 11.4. The van der Waals surface area contributed by atoms with Crippen molar-refractivity contribution in [3.8, 4) is 0 Å². The highest BCUT2D eigenvalue weighted by Crippen LogP contribution is 2.23. The van der Waals surface area contributed by atoms with Crippen molar-refractivity contribution >= 4 is 32.4 Å². The fourth-order valence-corrected chi connectivity index (χ4v) is 3.49. The lowest BCUT2D eigenvalue weighted by Gasteiger charge is -2.07. The van der Waals surface area contributed by atoms with Crippen molar-refractivity contribution in [1.82, 2.24) is 0 Å². The molecule has 0 aliphatic rings. The molecular formula is C11H16BrNOS. The van der Waals surface area contributed by atoms with Crippen molar-refractivity contribution in [3.63, 3.8) is 0 Å². The van der Waals surface area contributed by atoms with Crippen molar-refractivity contribution in [2.45, 2.75) is 25.2 Å². The van der Waals surface area contributed by atoms with Gasteiger partial charge in [0.05, 0.1) is 15.7 Å². The SMILES string of the molecule is CC(C)CCS(=O)c1ccc(N)cc1Br. The average Bonchev–Trinajstić information content (AvgIpc) is 2.14. The van der Waals surface area contributed by atoms with Crippen LogP contribution in [0.2, 0.25) is 0 Å². The van der Waals surface area contributed by atoms with Gasteiger partial charge in [-0.05, 0) is 46.5 Å². The van der Waals surface area contributed by atoms with Crippen LogP contribution in [0.25, 0.3) is 0 Å². The first-order chi connectivity index (χ1) is 7.00. The highest BCUT2D eigenvalue weighted by atomic mass is 79.9. The molecule has 0 saturated carbocycles. The molecule has 0 fully saturated rings. The van der Waals surface area contributed by atoms with Crippen LogP contribution in [0, 0.1) is 5.92 Å². The summed E-state index contributed by atoms with van der Waals surface area (Å²) in [5.74, 6) is 1.29. The van der Waals surface area contributed by atoms with Gasteiger partial charge in [-0.2, -0.15) is 0 Å². The van der Waals surface area contributed by atoms with Crippen LogP contribution in [0.15, 0.2) is 27.6 Å². The molecule has 0 amide bonds. The lowest BCUT2D eigenvalue weighted by Crippen LogP contribution is -2.02. The lowest BCUT2D eigenvalue weighted by atomic mass is 10.2. The monoisotopic (exact) mass is 289 g/mol. The first kappa shape index (κ1) is 12.7. The molecular weight excluding hydrogens is 274 g/mol. The molecule has 0 aliphatic heterocycles. The quantitative estimate of drug-likeness (QED) is 0.865. The number of hydrogen-bond acceptors (Lipinski definition) is 2. The summed E-state index contributed by atoms with van der Waals surface area (Å²) in [6, 6.07) is 5.41. The number of nitrogens with two attached hydrogens (primary N) is 1. The Morgan fingerprint density at radius 2 is 2.13 bits per heavy atom. The first-order valence-electron chi connectivity index (χ1n) is 4.94. The molecule has 1 rings (SSSR count). The van der Waals surface area contributed by atoms with Crippen LogP contribution >= 0.6 is 15.9 Å². The summed E-state index contributed by atoms with van der Waals surface area (Å²) >= 11 is 3.38. The normalized spacial score (nSPS) is 13.1. The van der Waals surface area contributed by atoms with Crippen molar-refractivity contribution in [3.05, 3.63) is 22.7 Å². The molecule has 0 radical (unpaired) electrons. The zero-order valence-electron chi connectivity index (χ0n) is 9.00. The minimum Gasteiger partial charge on any atom is -0.399 e. The largest absolute Gasteiger partial charge is 0.399 e. The Morgan fingerprint density at radius 1 is 1.47 bits per heavy atom. The van der Waals surface area contributed by atoms with E-state index in [2.05, 4.69) is 29.8 Å². The predicted molar refractivity (Wildman–Crippen MR) is 69.3 cm³/mol. The molecule has 4 heteroatoms. The molecule has 1 atom stereocenters. The fourth-order valence-electron chi connectivity index (χ4n) is 1.15. The summed E-state index contributed by atoms with van der Waals surface area (Å²) in [5.41, 5.74) is 6.31. The van der Waals surface area contributed by atoms with Crippen molar-refractivity contribution < 1.29 is 4.21 Å². The summed E-state index contributed by atoms with van der Waals surface area (Å²) in [5, 5.41) is 0. The molecule has 0 aromatic heterocycles. The van der Waals surface area contributed by atoms with E-state index in [4.69, 9.17) is 5.73 Å². The van der Waals surface area contributed by atoms with Crippen LogP contribution in [-0.4, -0.2) is 9.96 Å². The van der Waals surface area contributed by atoms with Gasteiger partial charge in [0.1, 0.15) is 0 Å².